The number of nitrogens with two attached hydrogens (primary N) is 1. The van der Waals surface area contributed by atoms with Gasteiger partial charge in [0.1, 0.15) is 0 Å². The van der Waals surface area contributed by atoms with Crippen LogP contribution in [0.4, 0.5) is 5.69 Å². The van der Waals surface area contributed by atoms with Crippen molar-refractivity contribution in [3.8, 4) is 0 Å². The van der Waals surface area contributed by atoms with Crippen LogP contribution in [0.1, 0.15) is 20.8 Å². The van der Waals surface area contributed by atoms with E-state index in [9.17, 15) is 0 Å². The first kappa shape index (κ1) is 12.2. The Morgan fingerprint density at radius 2 is 1.93 bits per heavy atom. The van der Waals surface area contributed by atoms with Crippen LogP contribution < -0.4 is 5.73 Å². The summed E-state index contributed by atoms with van der Waals surface area (Å²) in [6, 6.07) is 6.11. The minimum atomic E-state index is 0.646. The van der Waals surface area contributed by atoms with Crippen LogP contribution in [0.3, 0.4) is 0 Å². The minimum Gasteiger partial charge on any atom is -0.399 e. The summed E-state index contributed by atoms with van der Waals surface area (Å²) in [6.45, 7) is 6.77. The SMILES string of the molecule is CC(C)C(C)Sc1ccc(N)cc1I. The fourth-order valence-electron chi connectivity index (χ4n) is 0.949. The largest absolute Gasteiger partial charge is 0.399 e. The lowest BCUT2D eigenvalue weighted by Gasteiger charge is -2.15. The summed E-state index contributed by atoms with van der Waals surface area (Å²) in [5.74, 6) is 0.702. The van der Waals surface area contributed by atoms with Gasteiger partial charge >= 0.3 is 0 Å². The first-order valence-corrected chi connectivity index (χ1v) is 6.68. The third-order valence-corrected chi connectivity index (χ3v) is 4.99. The van der Waals surface area contributed by atoms with E-state index in [0.29, 0.717) is 11.2 Å². The zero-order valence-corrected chi connectivity index (χ0v) is 11.7. The Kier molecular flexibility index (Phi) is 4.57. The first-order valence-electron chi connectivity index (χ1n) is 4.72. The van der Waals surface area contributed by atoms with Crippen LogP contribution in [-0.4, -0.2) is 5.25 Å². The van der Waals surface area contributed by atoms with E-state index in [1.807, 2.05) is 23.9 Å². The van der Waals surface area contributed by atoms with E-state index in [1.165, 1.54) is 8.47 Å². The van der Waals surface area contributed by atoms with Gasteiger partial charge in [-0.1, -0.05) is 20.8 Å². The van der Waals surface area contributed by atoms with Gasteiger partial charge in [0.25, 0.3) is 0 Å². The summed E-state index contributed by atoms with van der Waals surface area (Å²) in [5, 5.41) is 0.646. The predicted molar refractivity (Wildman–Crippen MR) is 73.7 cm³/mol. The Bertz CT molecular complexity index is 312. The van der Waals surface area contributed by atoms with Crippen LogP contribution >= 0.6 is 34.4 Å². The molecular formula is C11H16INS. The van der Waals surface area contributed by atoms with Crippen molar-refractivity contribution in [2.24, 2.45) is 5.92 Å². The fourth-order valence-corrected chi connectivity index (χ4v) is 2.86. The van der Waals surface area contributed by atoms with Crippen molar-refractivity contribution in [3.63, 3.8) is 0 Å². The molecule has 0 aliphatic rings. The standard InChI is InChI=1S/C11H16INS/c1-7(2)8(3)14-11-5-4-9(13)6-10(11)12/h4-8H,13H2,1-3H3. The summed E-state index contributed by atoms with van der Waals surface area (Å²) in [4.78, 5) is 1.33. The average molecular weight is 321 g/mol. The summed E-state index contributed by atoms with van der Waals surface area (Å²) in [5.41, 5.74) is 6.55. The molecule has 1 aromatic carbocycles. The maximum absolute atomic E-state index is 5.70. The predicted octanol–water partition coefficient (Wildman–Crippen LogP) is 4.01. The van der Waals surface area contributed by atoms with Gasteiger partial charge in [-0.05, 0) is 46.7 Å². The topological polar surface area (TPSA) is 26.0 Å². The third-order valence-electron chi connectivity index (χ3n) is 2.21. The minimum absolute atomic E-state index is 0.646. The van der Waals surface area contributed by atoms with Crippen LogP contribution in [0.25, 0.3) is 0 Å². The van der Waals surface area contributed by atoms with E-state index in [2.05, 4.69) is 49.4 Å². The molecule has 1 rings (SSSR count). The molecule has 0 spiro atoms. The van der Waals surface area contributed by atoms with Gasteiger partial charge in [-0.25, -0.2) is 0 Å². The molecule has 14 heavy (non-hydrogen) atoms. The molecule has 0 aliphatic carbocycles. The molecule has 0 aliphatic heterocycles. The molecule has 1 aromatic rings. The molecular weight excluding hydrogens is 305 g/mol. The fraction of sp³-hybridized carbons (Fsp3) is 0.455. The molecule has 0 aromatic heterocycles. The van der Waals surface area contributed by atoms with E-state index >= 15 is 0 Å². The average Bonchev–Trinajstić information content (AvgIpc) is 2.09. The van der Waals surface area contributed by atoms with Crippen LogP contribution in [0.2, 0.25) is 0 Å². The second-order valence-corrected chi connectivity index (χ2v) is 6.34. The lowest BCUT2D eigenvalue weighted by molar-refractivity contribution is 0.642. The molecule has 1 unspecified atom stereocenters. The van der Waals surface area contributed by atoms with Crippen molar-refractivity contribution in [2.45, 2.75) is 30.9 Å². The molecule has 0 heterocycles. The molecule has 1 nitrogen and oxygen atoms in total. The Hall–Kier alpha value is 0.100. The van der Waals surface area contributed by atoms with Gasteiger partial charge in [-0.3, -0.25) is 0 Å². The van der Waals surface area contributed by atoms with Crippen molar-refractivity contribution in [3.05, 3.63) is 21.8 Å². The zero-order valence-electron chi connectivity index (χ0n) is 8.75. The number of anilines is 1. The molecule has 2 N–H and O–H groups in total. The third kappa shape index (κ3) is 3.35. The molecule has 78 valence electrons. The van der Waals surface area contributed by atoms with Crippen molar-refractivity contribution >= 4 is 40.0 Å². The molecule has 0 saturated carbocycles. The monoisotopic (exact) mass is 321 g/mol. The first-order chi connectivity index (χ1) is 6.50. The Morgan fingerprint density at radius 3 is 2.43 bits per heavy atom. The number of nitrogen functional groups attached to an aromatic ring is 1. The van der Waals surface area contributed by atoms with Crippen LogP contribution in [0.5, 0.6) is 0 Å². The summed E-state index contributed by atoms with van der Waals surface area (Å²) >= 11 is 4.27. The number of hydrogen-bond acceptors (Lipinski definition) is 2. The van der Waals surface area contributed by atoms with Crippen LogP contribution in [0.15, 0.2) is 23.1 Å². The molecule has 0 fully saturated rings. The van der Waals surface area contributed by atoms with Crippen LogP contribution in [0, 0.1) is 9.49 Å². The second-order valence-electron chi connectivity index (χ2n) is 3.76. The van der Waals surface area contributed by atoms with Gasteiger partial charge in [-0.15, -0.1) is 11.8 Å². The number of halogens is 1. The molecule has 1 atom stereocenters. The number of benzene rings is 1. The molecule has 0 radical (unpaired) electrons. The van der Waals surface area contributed by atoms with Gasteiger partial charge in [0.05, 0.1) is 0 Å². The lowest BCUT2D eigenvalue weighted by Crippen LogP contribution is -2.05. The highest BCUT2D eigenvalue weighted by atomic mass is 127. The molecule has 3 heteroatoms. The smallest absolute Gasteiger partial charge is 0.0325 e. The molecule has 0 bridgehead atoms. The van der Waals surface area contributed by atoms with Crippen molar-refractivity contribution < 1.29 is 0 Å². The highest BCUT2D eigenvalue weighted by Gasteiger charge is 2.10. The highest BCUT2D eigenvalue weighted by Crippen LogP contribution is 2.32. The highest BCUT2D eigenvalue weighted by molar-refractivity contribution is 14.1. The van der Waals surface area contributed by atoms with Crippen molar-refractivity contribution in [1.82, 2.24) is 0 Å². The number of thioether (sulfide) groups is 1. The summed E-state index contributed by atoms with van der Waals surface area (Å²) in [7, 11) is 0. The van der Waals surface area contributed by atoms with Gasteiger partial charge in [0, 0.05) is 19.4 Å². The number of hydrogen-bond donors (Lipinski definition) is 1. The van der Waals surface area contributed by atoms with Gasteiger partial charge < -0.3 is 5.73 Å². The van der Waals surface area contributed by atoms with Crippen LogP contribution in [-0.2, 0) is 0 Å². The van der Waals surface area contributed by atoms with Gasteiger partial charge in [0.15, 0.2) is 0 Å². The van der Waals surface area contributed by atoms with Gasteiger partial charge in [-0.2, -0.15) is 0 Å². The molecule has 0 saturated heterocycles. The van der Waals surface area contributed by atoms with Crippen molar-refractivity contribution in [1.29, 1.82) is 0 Å². The normalized spacial score (nSPS) is 13.2. The van der Waals surface area contributed by atoms with E-state index in [-0.39, 0.29) is 0 Å². The van der Waals surface area contributed by atoms with Crippen molar-refractivity contribution in [2.75, 3.05) is 5.73 Å². The quantitative estimate of drug-likeness (QED) is 0.517. The Balaban J connectivity index is 2.77. The maximum Gasteiger partial charge on any atom is 0.0325 e. The second kappa shape index (κ2) is 5.26. The van der Waals surface area contributed by atoms with Gasteiger partial charge in [0.2, 0.25) is 0 Å². The Morgan fingerprint density at radius 1 is 1.29 bits per heavy atom. The van der Waals surface area contributed by atoms with E-state index in [4.69, 9.17) is 5.73 Å². The molecule has 0 amide bonds. The summed E-state index contributed by atoms with van der Waals surface area (Å²) < 4.78 is 1.25. The maximum atomic E-state index is 5.70. The van der Waals surface area contributed by atoms with E-state index in [0.717, 1.165) is 5.69 Å². The lowest BCUT2D eigenvalue weighted by atomic mass is 10.2. The zero-order chi connectivity index (χ0) is 10.7. The Labute approximate surface area is 104 Å². The van der Waals surface area contributed by atoms with E-state index < -0.39 is 0 Å². The number of rotatable bonds is 3. The summed E-state index contributed by atoms with van der Waals surface area (Å²) in [6.07, 6.45) is 0. The van der Waals surface area contributed by atoms with E-state index in [1.54, 1.807) is 0 Å².